The number of hydrogen-bond donors (Lipinski definition) is 7. The van der Waals surface area contributed by atoms with Crippen molar-refractivity contribution in [2.75, 3.05) is 24.0 Å². The summed E-state index contributed by atoms with van der Waals surface area (Å²) in [4.78, 5) is 50.2. The van der Waals surface area contributed by atoms with Gasteiger partial charge in [0.1, 0.15) is 29.9 Å². The Morgan fingerprint density at radius 3 is 1.83 bits per heavy atom. The zero-order chi connectivity index (χ0) is 27.3. The van der Waals surface area contributed by atoms with Crippen LogP contribution in [0.4, 0.5) is 0 Å². The third-order valence-electron chi connectivity index (χ3n) is 5.30. The number of carbonyl (C=O) groups is 4. The minimum atomic E-state index is -1.27. The van der Waals surface area contributed by atoms with Gasteiger partial charge < -0.3 is 37.0 Å². The molecule has 11 nitrogen and oxygen atoms in total. The second-order valence-corrected chi connectivity index (χ2v) is 10.2. The number of thioether (sulfide) groups is 2. The molecule has 0 aliphatic carbocycles. The second kappa shape index (κ2) is 16.3. The van der Waals surface area contributed by atoms with E-state index in [1.165, 1.54) is 42.6 Å². The Labute approximate surface area is 219 Å². The van der Waals surface area contributed by atoms with Crippen molar-refractivity contribution < 1.29 is 34.5 Å². The maximum Gasteiger partial charge on any atom is 0.326 e. The maximum absolute atomic E-state index is 13.2. The number of rotatable bonds is 16. The molecule has 0 aliphatic heterocycles. The smallest absolute Gasteiger partial charge is 0.326 e. The Hall–Kier alpha value is -2.48. The van der Waals surface area contributed by atoms with Crippen LogP contribution in [-0.4, -0.2) is 93.3 Å². The Kier molecular flexibility index (Phi) is 14.3. The number of nitrogens with one attached hydrogen (secondary N) is 3. The summed E-state index contributed by atoms with van der Waals surface area (Å²) in [7, 11) is 0. The van der Waals surface area contributed by atoms with Gasteiger partial charge in [0.15, 0.2) is 0 Å². The molecule has 0 saturated heterocycles. The first-order chi connectivity index (χ1) is 17.0. The van der Waals surface area contributed by atoms with Crippen molar-refractivity contribution in [2.45, 2.75) is 56.5 Å². The molecule has 0 aliphatic rings. The standard InChI is InChI=1S/C23H36N4O7S2/c1-13(28)19(24)22(32)27-18(12-14-4-6-15(29)7-5-14)21(31)25-16(8-10-35-2)20(30)26-17(23(33)34)9-11-36-3/h4-7,13,16-19,28-29H,8-12,24H2,1-3H3,(H,25,31)(H,26,30)(H,27,32)(H,33,34). The lowest BCUT2D eigenvalue weighted by atomic mass is 10.0. The monoisotopic (exact) mass is 544 g/mol. The number of aromatic hydroxyl groups is 1. The Balaban J connectivity index is 3.09. The molecule has 0 heterocycles. The number of phenolic OH excluding ortho intramolecular Hbond substituents is 1. The maximum atomic E-state index is 13.2. The van der Waals surface area contributed by atoms with Gasteiger partial charge in [0.2, 0.25) is 17.7 Å². The Morgan fingerprint density at radius 1 is 0.861 bits per heavy atom. The molecule has 3 amide bonds. The third-order valence-corrected chi connectivity index (χ3v) is 6.59. The molecule has 202 valence electrons. The fraction of sp³-hybridized carbons (Fsp3) is 0.565. The molecule has 0 radical (unpaired) electrons. The molecule has 1 rings (SSSR count). The predicted molar refractivity (Wildman–Crippen MR) is 141 cm³/mol. The van der Waals surface area contributed by atoms with E-state index in [2.05, 4.69) is 16.0 Å². The average molecular weight is 545 g/mol. The molecular weight excluding hydrogens is 508 g/mol. The lowest BCUT2D eigenvalue weighted by Crippen LogP contribution is -2.58. The van der Waals surface area contributed by atoms with Gasteiger partial charge in [-0.15, -0.1) is 0 Å². The highest BCUT2D eigenvalue weighted by Gasteiger charge is 2.31. The number of benzene rings is 1. The number of carboxylic acids is 1. The van der Waals surface area contributed by atoms with Crippen molar-refractivity contribution in [3.8, 4) is 5.75 Å². The van der Waals surface area contributed by atoms with Crippen molar-refractivity contribution in [1.29, 1.82) is 0 Å². The number of carboxylic acid groups (broad SMARTS) is 1. The fourth-order valence-corrected chi connectivity index (χ4v) is 4.05. The highest BCUT2D eigenvalue weighted by Crippen LogP contribution is 2.12. The molecule has 0 saturated carbocycles. The van der Waals surface area contributed by atoms with Crippen LogP contribution in [0.2, 0.25) is 0 Å². The third kappa shape index (κ3) is 11.1. The molecular formula is C23H36N4O7S2. The molecule has 0 aromatic heterocycles. The zero-order valence-electron chi connectivity index (χ0n) is 20.6. The summed E-state index contributed by atoms with van der Waals surface area (Å²) in [5.41, 5.74) is 6.33. The summed E-state index contributed by atoms with van der Waals surface area (Å²) in [6.45, 7) is 1.35. The SMILES string of the molecule is CSCCC(NC(=O)C(CCSC)NC(=O)C(Cc1ccc(O)cc1)NC(=O)C(N)C(C)O)C(=O)O. The average Bonchev–Trinajstić information content (AvgIpc) is 2.83. The minimum absolute atomic E-state index is 0.0206. The van der Waals surface area contributed by atoms with E-state index in [1.54, 1.807) is 12.1 Å². The number of amides is 3. The molecule has 5 unspecified atom stereocenters. The second-order valence-electron chi connectivity index (χ2n) is 8.22. The van der Waals surface area contributed by atoms with Crippen LogP contribution >= 0.6 is 23.5 Å². The minimum Gasteiger partial charge on any atom is -0.508 e. The van der Waals surface area contributed by atoms with Gasteiger partial charge in [0.05, 0.1) is 6.10 Å². The summed E-state index contributed by atoms with van der Waals surface area (Å²) in [6.07, 6.45) is 2.99. The van der Waals surface area contributed by atoms with E-state index < -0.39 is 54.0 Å². The van der Waals surface area contributed by atoms with E-state index in [-0.39, 0.29) is 25.0 Å². The van der Waals surface area contributed by atoms with Crippen LogP contribution < -0.4 is 21.7 Å². The van der Waals surface area contributed by atoms with Crippen LogP contribution in [0.15, 0.2) is 24.3 Å². The van der Waals surface area contributed by atoms with Crippen LogP contribution in [0.5, 0.6) is 5.75 Å². The summed E-state index contributed by atoms with van der Waals surface area (Å²) < 4.78 is 0. The summed E-state index contributed by atoms with van der Waals surface area (Å²) >= 11 is 2.91. The zero-order valence-corrected chi connectivity index (χ0v) is 22.2. The van der Waals surface area contributed by atoms with E-state index in [9.17, 15) is 34.5 Å². The van der Waals surface area contributed by atoms with E-state index >= 15 is 0 Å². The van der Waals surface area contributed by atoms with Crippen molar-refractivity contribution >= 4 is 47.2 Å². The summed E-state index contributed by atoms with van der Waals surface area (Å²) in [5.74, 6) is -2.16. The molecule has 0 fully saturated rings. The molecule has 0 bridgehead atoms. The summed E-state index contributed by atoms with van der Waals surface area (Å²) in [5, 5.41) is 36.3. The van der Waals surface area contributed by atoms with Gasteiger partial charge in [-0.3, -0.25) is 14.4 Å². The number of aliphatic carboxylic acids is 1. The molecule has 1 aromatic carbocycles. The van der Waals surface area contributed by atoms with Gasteiger partial charge in [-0.2, -0.15) is 23.5 Å². The molecule has 8 N–H and O–H groups in total. The van der Waals surface area contributed by atoms with Crippen molar-refractivity contribution in [3.63, 3.8) is 0 Å². The largest absolute Gasteiger partial charge is 0.508 e. The van der Waals surface area contributed by atoms with Gasteiger partial charge in [-0.25, -0.2) is 4.79 Å². The van der Waals surface area contributed by atoms with E-state index in [1.807, 2.05) is 12.5 Å². The highest BCUT2D eigenvalue weighted by molar-refractivity contribution is 7.98. The normalized spacial score (nSPS) is 15.1. The summed E-state index contributed by atoms with van der Waals surface area (Å²) in [6, 6.07) is 1.47. The van der Waals surface area contributed by atoms with Crippen molar-refractivity contribution in [2.24, 2.45) is 5.73 Å². The quantitative estimate of drug-likeness (QED) is 0.145. The van der Waals surface area contributed by atoms with Crippen molar-refractivity contribution in [3.05, 3.63) is 29.8 Å². The molecule has 0 spiro atoms. The molecule has 1 aromatic rings. The van der Waals surface area contributed by atoms with Crippen LogP contribution in [0.25, 0.3) is 0 Å². The number of aliphatic hydroxyl groups excluding tert-OH is 1. The number of phenols is 1. The van der Waals surface area contributed by atoms with Crippen LogP contribution in [0.1, 0.15) is 25.3 Å². The highest BCUT2D eigenvalue weighted by atomic mass is 32.2. The number of aliphatic hydroxyl groups is 1. The predicted octanol–water partition coefficient (Wildman–Crippen LogP) is -0.312. The first kappa shape index (κ1) is 31.5. The first-order valence-corrected chi connectivity index (χ1v) is 14.1. The lowest BCUT2D eigenvalue weighted by Gasteiger charge is -2.25. The lowest BCUT2D eigenvalue weighted by molar-refractivity contribution is -0.142. The molecule has 36 heavy (non-hydrogen) atoms. The molecule has 13 heteroatoms. The Morgan fingerprint density at radius 2 is 1.33 bits per heavy atom. The van der Waals surface area contributed by atoms with Gasteiger partial charge in [-0.05, 0) is 61.5 Å². The van der Waals surface area contributed by atoms with Crippen LogP contribution in [0.3, 0.4) is 0 Å². The number of nitrogens with two attached hydrogens (primary N) is 1. The fourth-order valence-electron chi connectivity index (χ4n) is 3.11. The Bertz CT molecular complexity index is 871. The van der Waals surface area contributed by atoms with Crippen LogP contribution in [-0.2, 0) is 25.6 Å². The van der Waals surface area contributed by atoms with Crippen molar-refractivity contribution in [1.82, 2.24) is 16.0 Å². The van der Waals surface area contributed by atoms with Gasteiger partial charge in [0.25, 0.3) is 0 Å². The van der Waals surface area contributed by atoms with Gasteiger partial charge in [-0.1, -0.05) is 12.1 Å². The van der Waals surface area contributed by atoms with Crippen LogP contribution in [0, 0.1) is 0 Å². The number of carbonyl (C=O) groups excluding carboxylic acids is 3. The topological polar surface area (TPSA) is 191 Å². The molecule has 5 atom stereocenters. The van der Waals surface area contributed by atoms with E-state index in [4.69, 9.17) is 5.73 Å². The van der Waals surface area contributed by atoms with E-state index in [0.29, 0.717) is 17.1 Å². The van der Waals surface area contributed by atoms with E-state index in [0.717, 1.165) is 0 Å². The van der Waals surface area contributed by atoms with Gasteiger partial charge >= 0.3 is 5.97 Å². The number of hydrogen-bond acceptors (Lipinski definition) is 9. The first-order valence-electron chi connectivity index (χ1n) is 11.3. The van der Waals surface area contributed by atoms with Gasteiger partial charge in [0, 0.05) is 6.42 Å².